The Morgan fingerprint density at radius 2 is 2.67 bits per heavy atom. The molecule has 1 aromatic heterocycles. The monoisotopic (exact) mass is 124 g/mol. The zero-order valence-corrected chi connectivity index (χ0v) is 5.00. The first-order valence-electron chi connectivity index (χ1n) is 2.61. The number of rotatable bonds is 2. The summed E-state index contributed by atoms with van der Waals surface area (Å²) in [7, 11) is 0. The molecule has 1 rings (SSSR count). The Bertz CT molecular complexity index is 181. The van der Waals surface area contributed by atoms with Gasteiger partial charge in [-0.25, -0.2) is 4.98 Å². The van der Waals surface area contributed by atoms with Gasteiger partial charge in [0.2, 0.25) is 12.2 Å². The topological polar surface area (TPSA) is 43.1 Å². The van der Waals surface area contributed by atoms with E-state index in [1.807, 2.05) is 0 Å². The minimum absolute atomic E-state index is 0.347. The molecule has 1 radical (unpaired) electrons. The highest BCUT2D eigenvalue weighted by Gasteiger charge is 2.07. The zero-order chi connectivity index (χ0) is 6.69. The van der Waals surface area contributed by atoms with Crippen LogP contribution in [0.4, 0.5) is 0 Å². The van der Waals surface area contributed by atoms with Crippen molar-refractivity contribution in [2.24, 2.45) is 0 Å². The summed E-state index contributed by atoms with van der Waals surface area (Å²) in [5.74, 6) is 0.0741. The van der Waals surface area contributed by atoms with Gasteiger partial charge in [-0.15, -0.1) is 0 Å². The first kappa shape index (κ1) is 6.01. The summed E-state index contributed by atoms with van der Waals surface area (Å²) in [6, 6.07) is 0. The van der Waals surface area contributed by atoms with Crippen molar-refractivity contribution >= 4 is 6.29 Å². The fraction of sp³-hybridized carbons (Fsp3) is 0.333. The van der Waals surface area contributed by atoms with Gasteiger partial charge in [-0.05, 0) is 6.92 Å². The third kappa shape index (κ3) is 1.16. The largest absolute Gasteiger partial charge is 0.448 e. The number of oxazole rings is 1. The molecule has 0 bridgehead atoms. The Morgan fingerprint density at radius 1 is 1.89 bits per heavy atom. The molecule has 1 aromatic rings. The Hall–Kier alpha value is -1.12. The van der Waals surface area contributed by atoms with E-state index in [4.69, 9.17) is 4.42 Å². The molecule has 3 nitrogen and oxygen atoms in total. The second kappa shape index (κ2) is 2.44. The molecule has 0 spiro atoms. The Balaban J connectivity index is 2.76. The minimum Gasteiger partial charge on any atom is -0.448 e. The molecule has 0 fully saturated rings. The first-order valence-corrected chi connectivity index (χ1v) is 2.61. The van der Waals surface area contributed by atoms with Gasteiger partial charge in [0.15, 0.2) is 0 Å². The van der Waals surface area contributed by atoms with Crippen LogP contribution in [0.25, 0.3) is 0 Å². The van der Waals surface area contributed by atoms with Crippen LogP contribution in [0.15, 0.2) is 16.9 Å². The van der Waals surface area contributed by atoms with Gasteiger partial charge in [0.25, 0.3) is 0 Å². The van der Waals surface area contributed by atoms with E-state index in [1.165, 1.54) is 12.5 Å². The first-order chi connectivity index (χ1) is 4.34. The molecule has 0 aliphatic heterocycles. The van der Waals surface area contributed by atoms with Gasteiger partial charge >= 0.3 is 0 Å². The lowest BCUT2D eigenvalue weighted by Crippen LogP contribution is -1.92. The molecule has 0 saturated carbocycles. The van der Waals surface area contributed by atoms with Crippen LogP contribution in [0.2, 0.25) is 0 Å². The van der Waals surface area contributed by atoms with E-state index < -0.39 is 0 Å². The molecule has 0 aliphatic carbocycles. The van der Waals surface area contributed by atoms with Crippen molar-refractivity contribution in [1.29, 1.82) is 0 Å². The van der Waals surface area contributed by atoms with Crippen molar-refractivity contribution in [2.75, 3.05) is 0 Å². The second-order valence-electron chi connectivity index (χ2n) is 1.71. The van der Waals surface area contributed by atoms with E-state index in [0.717, 1.165) is 0 Å². The molecule has 0 aromatic carbocycles. The van der Waals surface area contributed by atoms with Crippen LogP contribution in [0, 0.1) is 0 Å². The maximum atomic E-state index is 9.98. The summed E-state index contributed by atoms with van der Waals surface area (Å²) in [4.78, 5) is 13.7. The van der Waals surface area contributed by atoms with Gasteiger partial charge in [-0.1, -0.05) is 0 Å². The maximum Gasteiger partial charge on any atom is 0.211 e. The van der Waals surface area contributed by atoms with E-state index in [0.29, 0.717) is 5.89 Å². The van der Waals surface area contributed by atoms with Crippen LogP contribution in [0.5, 0.6) is 0 Å². The van der Waals surface area contributed by atoms with Gasteiger partial charge in [-0.3, -0.25) is 4.79 Å². The molecular formula is C6H6NO2. The van der Waals surface area contributed by atoms with E-state index in [-0.39, 0.29) is 5.92 Å². The van der Waals surface area contributed by atoms with E-state index in [1.54, 1.807) is 13.2 Å². The molecule has 1 unspecified atom stereocenters. The molecule has 9 heavy (non-hydrogen) atoms. The minimum atomic E-state index is -0.347. The predicted octanol–water partition coefficient (Wildman–Crippen LogP) is 0.888. The van der Waals surface area contributed by atoms with E-state index >= 15 is 0 Å². The molecular weight excluding hydrogens is 118 g/mol. The summed E-state index contributed by atoms with van der Waals surface area (Å²) >= 11 is 0. The quantitative estimate of drug-likeness (QED) is 0.588. The van der Waals surface area contributed by atoms with Crippen LogP contribution in [0.3, 0.4) is 0 Å². The van der Waals surface area contributed by atoms with Crippen LogP contribution in [-0.2, 0) is 4.79 Å². The third-order valence-electron chi connectivity index (χ3n) is 0.999. The van der Waals surface area contributed by atoms with Gasteiger partial charge in [-0.2, -0.15) is 0 Å². The molecule has 0 amide bonds. The number of nitrogens with zero attached hydrogens (tertiary/aromatic N) is 1. The number of carbonyl (C=O) groups excluding carboxylic acids is 1. The van der Waals surface area contributed by atoms with Crippen LogP contribution in [-0.4, -0.2) is 11.3 Å². The number of hydrogen-bond acceptors (Lipinski definition) is 3. The molecule has 47 valence electrons. The normalized spacial score (nSPS) is 13.0. The Labute approximate surface area is 52.7 Å². The number of aromatic nitrogens is 1. The van der Waals surface area contributed by atoms with Gasteiger partial charge in [0.1, 0.15) is 6.26 Å². The summed E-state index contributed by atoms with van der Waals surface area (Å²) in [6.45, 7) is 1.68. The van der Waals surface area contributed by atoms with Crippen molar-refractivity contribution in [3.63, 3.8) is 0 Å². The molecule has 1 atom stereocenters. The maximum absolute atomic E-state index is 9.98. The van der Waals surface area contributed by atoms with Crippen LogP contribution in [0.1, 0.15) is 18.7 Å². The highest BCUT2D eigenvalue weighted by molar-refractivity contribution is 5.59. The molecule has 3 heteroatoms. The molecule has 0 saturated heterocycles. The average molecular weight is 124 g/mol. The molecule has 0 N–H and O–H groups in total. The van der Waals surface area contributed by atoms with Crippen molar-refractivity contribution in [3.05, 3.63) is 18.4 Å². The highest BCUT2D eigenvalue weighted by Crippen LogP contribution is 2.07. The standard InChI is InChI=1S/C6H6NO2/c1-5(4-8)6-7-2-3-9-6/h2-3,5H,1H3. The van der Waals surface area contributed by atoms with Gasteiger partial charge in [0, 0.05) is 0 Å². The Kier molecular flexibility index (Phi) is 1.63. The van der Waals surface area contributed by atoms with Crippen LogP contribution >= 0.6 is 0 Å². The van der Waals surface area contributed by atoms with Crippen molar-refractivity contribution < 1.29 is 9.21 Å². The lowest BCUT2D eigenvalue weighted by Gasteiger charge is -1.90. The lowest BCUT2D eigenvalue weighted by atomic mass is 10.2. The van der Waals surface area contributed by atoms with Gasteiger partial charge in [0.05, 0.1) is 12.1 Å². The summed E-state index contributed by atoms with van der Waals surface area (Å²) in [5, 5.41) is 0. The fourth-order valence-electron chi connectivity index (χ4n) is 0.499. The molecule has 1 heterocycles. The molecule has 0 aliphatic rings. The van der Waals surface area contributed by atoms with Crippen molar-refractivity contribution in [3.8, 4) is 0 Å². The zero-order valence-electron chi connectivity index (χ0n) is 5.00. The smallest absolute Gasteiger partial charge is 0.211 e. The summed E-state index contributed by atoms with van der Waals surface area (Å²) in [5.41, 5.74) is 0. The Morgan fingerprint density at radius 3 is 3.11 bits per heavy atom. The van der Waals surface area contributed by atoms with Gasteiger partial charge < -0.3 is 4.42 Å². The highest BCUT2D eigenvalue weighted by atomic mass is 16.3. The van der Waals surface area contributed by atoms with E-state index in [9.17, 15) is 4.79 Å². The van der Waals surface area contributed by atoms with Crippen molar-refractivity contribution in [1.82, 2.24) is 4.98 Å². The second-order valence-corrected chi connectivity index (χ2v) is 1.71. The fourth-order valence-corrected chi connectivity index (χ4v) is 0.499. The van der Waals surface area contributed by atoms with Crippen molar-refractivity contribution in [2.45, 2.75) is 12.8 Å². The average Bonchev–Trinajstić information content (AvgIpc) is 2.37. The summed E-state index contributed by atoms with van der Waals surface area (Å²) in [6.07, 6.45) is 4.70. The van der Waals surface area contributed by atoms with E-state index in [2.05, 4.69) is 4.98 Å². The SMILES string of the molecule is CC([C]=O)c1ncco1. The third-order valence-corrected chi connectivity index (χ3v) is 0.999. The lowest BCUT2D eigenvalue weighted by molar-refractivity contribution is 0.475. The summed E-state index contributed by atoms with van der Waals surface area (Å²) < 4.78 is 4.81. The van der Waals surface area contributed by atoms with Crippen LogP contribution < -0.4 is 0 Å². The predicted molar refractivity (Wildman–Crippen MR) is 30.6 cm³/mol. The number of hydrogen-bond donors (Lipinski definition) is 0.